The van der Waals surface area contributed by atoms with Crippen molar-refractivity contribution >= 4 is 5.97 Å². The molecule has 1 N–H and O–H groups in total. The molecule has 1 aromatic heterocycles. The van der Waals surface area contributed by atoms with E-state index in [4.69, 9.17) is 14.0 Å². The van der Waals surface area contributed by atoms with Crippen LogP contribution in [0.3, 0.4) is 0 Å². The molecule has 7 heteroatoms. The first kappa shape index (κ1) is 23.4. The molecular weight excluding hydrogens is 461 g/mol. The highest BCUT2D eigenvalue weighted by atomic mass is 19.1. The predicted molar refractivity (Wildman–Crippen MR) is 130 cm³/mol. The van der Waals surface area contributed by atoms with Crippen molar-refractivity contribution in [3.63, 3.8) is 0 Å². The van der Waals surface area contributed by atoms with E-state index in [1.54, 1.807) is 6.07 Å². The van der Waals surface area contributed by atoms with Gasteiger partial charge in [-0.05, 0) is 68.7 Å². The highest BCUT2D eigenvalue weighted by Gasteiger charge is 2.51. The fourth-order valence-corrected chi connectivity index (χ4v) is 5.84. The maximum Gasteiger partial charge on any atom is 0.338 e. The lowest BCUT2D eigenvalue weighted by Crippen LogP contribution is -2.51. The molecule has 0 spiro atoms. The zero-order chi connectivity index (χ0) is 24.9. The highest BCUT2D eigenvalue weighted by Crippen LogP contribution is 2.54. The van der Waals surface area contributed by atoms with E-state index in [2.05, 4.69) is 24.2 Å². The number of carbonyl (C=O) groups is 1. The standard InChI is InChI=1S/C29H30FNO5/c1-18-4-2-3-5-21(18)25-23(26(36-31-25)19-6-7-19)15-34-16-28-10-12-29(13-11-28,35-17-28)20-8-9-24(30)22(14-20)27(32)33/h2-5,8-9,14,19H,6-7,10-13,15-17H2,1H3,(H,32,33). The Morgan fingerprint density at radius 1 is 1.17 bits per heavy atom. The molecule has 2 aromatic carbocycles. The molecule has 2 saturated carbocycles. The predicted octanol–water partition coefficient (Wildman–Crippen LogP) is 6.37. The number of benzene rings is 2. The van der Waals surface area contributed by atoms with Gasteiger partial charge in [-0.1, -0.05) is 35.5 Å². The van der Waals surface area contributed by atoms with Gasteiger partial charge in [0.1, 0.15) is 17.3 Å². The molecule has 2 aliphatic heterocycles. The Bertz CT molecular complexity index is 1290. The van der Waals surface area contributed by atoms with E-state index in [9.17, 15) is 14.3 Å². The average Bonchev–Trinajstić information content (AvgIpc) is 3.65. The Kier molecular flexibility index (Phi) is 5.73. The summed E-state index contributed by atoms with van der Waals surface area (Å²) in [5.41, 5.74) is 3.98. The zero-order valence-corrected chi connectivity index (χ0v) is 20.4. The van der Waals surface area contributed by atoms with E-state index in [1.165, 1.54) is 12.1 Å². The molecule has 4 aliphatic rings. The van der Waals surface area contributed by atoms with Crippen LogP contribution in [0.15, 0.2) is 47.0 Å². The molecule has 3 heterocycles. The lowest BCUT2D eigenvalue weighted by Gasteiger charge is -2.53. The number of ether oxygens (including phenoxy) is 2. The fraction of sp³-hybridized carbons (Fsp3) is 0.448. The molecule has 7 rings (SSSR count). The van der Waals surface area contributed by atoms with Crippen LogP contribution in [0.5, 0.6) is 0 Å². The molecule has 2 aliphatic carbocycles. The second-order valence-corrected chi connectivity index (χ2v) is 10.7. The van der Waals surface area contributed by atoms with Gasteiger partial charge in [0.05, 0.1) is 31.0 Å². The Morgan fingerprint density at radius 3 is 2.61 bits per heavy atom. The lowest BCUT2D eigenvalue weighted by molar-refractivity contribution is -0.205. The number of carboxylic acid groups (broad SMARTS) is 1. The Morgan fingerprint density at radius 2 is 1.94 bits per heavy atom. The molecule has 3 aromatic rings. The van der Waals surface area contributed by atoms with Gasteiger partial charge in [-0.15, -0.1) is 0 Å². The topological polar surface area (TPSA) is 81.8 Å². The molecule has 6 nitrogen and oxygen atoms in total. The maximum absolute atomic E-state index is 13.9. The summed E-state index contributed by atoms with van der Waals surface area (Å²) in [5.74, 6) is -0.587. The van der Waals surface area contributed by atoms with Gasteiger partial charge in [-0.2, -0.15) is 0 Å². The largest absolute Gasteiger partial charge is 0.478 e. The number of rotatable bonds is 8. The van der Waals surface area contributed by atoms with E-state index in [-0.39, 0.29) is 11.0 Å². The molecule has 4 fully saturated rings. The molecule has 0 radical (unpaired) electrons. The Balaban J connectivity index is 1.15. The maximum atomic E-state index is 13.9. The van der Waals surface area contributed by atoms with Crippen LogP contribution in [0.1, 0.15) is 77.3 Å². The van der Waals surface area contributed by atoms with Gasteiger partial charge in [-0.25, -0.2) is 9.18 Å². The first-order chi connectivity index (χ1) is 17.4. The first-order valence-electron chi connectivity index (χ1n) is 12.7. The third-order valence-electron chi connectivity index (χ3n) is 8.32. The Hall–Kier alpha value is -3.03. The van der Waals surface area contributed by atoms with Crippen LogP contribution < -0.4 is 0 Å². The molecule has 0 atom stereocenters. The first-order valence-corrected chi connectivity index (χ1v) is 12.7. The summed E-state index contributed by atoms with van der Waals surface area (Å²) in [5, 5.41) is 13.8. The van der Waals surface area contributed by atoms with Gasteiger partial charge < -0.3 is 19.1 Å². The number of aromatic carboxylic acids is 1. The zero-order valence-electron chi connectivity index (χ0n) is 20.4. The van der Waals surface area contributed by atoms with Crippen LogP contribution in [0.25, 0.3) is 11.3 Å². The summed E-state index contributed by atoms with van der Waals surface area (Å²) < 4.78 is 32.5. The second-order valence-electron chi connectivity index (χ2n) is 10.7. The SMILES string of the molecule is Cc1ccccc1-c1noc(C2CC2)c1COCC12CCC(c3ccc(F)c(C(=O)O)c3)(CC1)OC2. The van der Waals surface area contributed by atoms with E-state index in [0.29, 0.717) is 25.7 Å². The van der Waals surface area contributed by atoms with Gasteiger partial charge in [0.2, 0.25) is 0 Å². The van der Waals surface area contributed by atoms with Crippen LogP contribution in [0.4, 0.5) is 4.39 Å². The minimum absolute atomic E-state index is 0.0723. The van der Waals surface area contributed by atoms with Crippen molar-refractivity contribution in [1.29, 1.82) is 0 Å². The van der Waals surface area contributed by atoms with E-state index < -0.39 is 17.4 Å². The number of carboxylic acids is 1. The lowest BCUT2D eigenvalue weighted by atomic mass is 9.64. The number of halogens is 1. The number of hydrogen-bond donors (Lipinski definition) is 1. The summed E-state index contributed by atoms with van der Waals surface area (Å²) in [4.78, 5) is 11.4. The second kappa shape index (κ2) is 8.82. The normalized spacial score (nSPS) is 25.3. The van der Waals surface area contributed by atoms with Crippen molar-refractivity contribution in [3.8, 4) is 11.3 Å². The molecule has 0 amide bonds. The minimum atomic E-state index is -1.26. The van der Waals surface area contributed by atoms with Gasteiger partial charge in [0, 0.05) is 22.5 Å². The van der Waals surface area contributed by atoms with Gasteiger partial charge >= 0.3 is 5.97 Å². The van der Waals surface area contributed by atoms with E-state index in [0.717, 1.165) is 72.2 Å². The van der Waals surface area contributed by atoms with Crippen LogP contribution in [0.2, 0.25) is 0 Å². The van der Waals surface area contributed by atoms with Crippen molar-refractivity contribution in [2.45, 2.75) is 63.6 Å². The molecule has 2 bridgehead atoms. The van der Waals surface area contributed by atoms with Crippen molar-refractivity contribution in [2.24, 2.45) is 5.41 Å². The monoisotopic (exact) mass is 491 g/mol. The summed E-state index contributed by atoms with van der Waals surface area (Å²) in [6.45, 7) is 3.65. The van der Waals surface area contributed by atoms with Crippen molar-refractivity contribution < 1.29 is 28.3 Å². The fourth-order valence-electron chi connectivity index (χ4n) is 5.84. The van der Waals surface area contributed by atoms with Crippen molar-refractivity contribution in [2.75, 3.05) is 13.2 Å². The molecule has 36 heavy (non-hydrogen) atoms. The number of aromatic nitrogens is 1. The van der Waals surface area contributed by atoms with E-state index in [1.807, 2.05) is 12.1 Å². The van der Waals surface area contributed by atoms with Crippen molar-refractivity contribution in [3.05, 3.63) is 76.3 Å². The minimum Gasteiger partial charge on any atom is -0.478 e. The summed E-state index contributed by atoms with van der Waals surface area (Å²) >= 11 is 0. The number of aryl methyl sites for hydroxylation is 1. The smallest absolute Gasteiger partial charge is 0.338 e. The molecule has 188 valence electrons. The molecule has 2 saturated heterocycles. The summed E-state index contributed by atoms with van der Waals surface area (Å²) in [6, 6.07) is 12.5. The summed E-state index contributed by atoms with van der Waals surface area (Å²) in [6.07, 6.45) is 5.60. The number of nitrogens with zero attached hydrogens (tertiary/aromatic N) is 1. The number of fused-ring (bicyclic) bond motifs is 3. The highest BCUT2D eigenvalue weighted by molar-refractivity contribution is 5.88. The van der Waals surface area contributed by atoms with E-state index >= 15 is 0 Å². The third-order valence-corrected chi connectivity index (χ3v) is 8.32. The average molecular weight is 492 g/mol. The van der Waals surface area contributed by atoms with Crippen LogP contribution in [-0.2, 0) is 21.7 Å². The van der Waals surface area contributed by atoms with Crippen LogP contribution >= 0.6 is 0 Å². The Labute approximate surface area is 209 Å². The van der Waals surface area contributed by atoms with Crippen LogP contribution in [-0.4, -0.2) is 29.4 Å². The number of hydrogen-bond acceptors (Lipinski definition) is 5. The van der Waals surface area contributed by atoms with Gasteiger partial charge in [0.25, 0.3) is 0 Å². The molecular formula is C29H30FNO5. The van der Waals surface area contributed by atoms with Crippen molar-refractivity contribution in [1.82, 2.24) is 5.16 Å². The summed E-state index contributed by atoms with van der Waals surface area (Å²) in [7, 11) is 0. The van der Waals surface area contributed by atoms with Gasteiger partial charge in [-0.3, -0.25) is 0 Å². The molecule has 0 unspecified atom stereocenters. The van der Waals surface area contributed by atoms with Crippen LogP contribution in [0, 0.1) is 18.2 Å². The third kappa shape index (κ3) is 4.04. The van der Waals surface area contributed by atoms with Gasteiger partial charge in [0.15, 0.2) is 0 Å². The quantitative estimate of drug-likeness (QED) is 0.394.